The molecule has 1 fully saturated rings. The first-order valence-electron chi connectivity index (χ1n) is 9.78. The number of aromatic nitrogens is 1. The van der Waals surface area contributed by atoms with E-state index in [1.807, 2.05) is 30.3 Å². The van der Waals surface area contributed by atoms with Crippen molar-refractivity contribution in [3.63, 3.8) is 0 Å². The van der Waals surface area contributed by atoms with E-state index in [4.69, 9.17) is 16.0 Å². The molecule has 4 rings (SSSR count). The number of hydrogen-bond donors (Lipinski definition) is 1. The average molecular weight is 474 g/mol. The van der Waals surface area contributed by atoms with Crippen LogP contribution >= 0.6 is 27.5 Å². The third-order valence-corrected chi connectivity index (χ3v) is 6.45. The molecule has 0 spiro atoms. The minimum atomic E-state index is 0.0174. The lowest BCUT2D eigenvalue weighted by atomic mass is 9.64. The summed E-state index contributed by atoms with van der Waals surface area (Å²) in [6.45, 7) is 0.665. The van der Waals surface area contributed by atoms with Crippen molar-refractivity contribution in [3.8, 4) is 11.3 Å². The Morgan fingerprint density at radius 1 is 1.21 bits per heavy atom. The summed E-state index contributed by atoms with van der Waals surface area (Å²) in [5, 5.41) is 3.73. The summed E-state index contributed by atoms with van der Waals surface area (Å²) < 4.78 is 6.86. The molecule has 0 unspecified atom stereocenters. The third kappa shape index (κ3) is 4.57. The maximum atomic E-state index is 12.4. The number of carbonyl (C=O) groups excluding carboxylic acids is 1. The first-order chi connectivity index (χ1) is 14.1. The molecule has 1 aliphatic rings. The molecule has 1 saturated carbocycles. The molecule has 0 atom stereocenters. The summed E-state index contributed by atoms with van der Waals surface area (Å²) in [5.41, 5.74) is 2.15. The fourth-order valence-electron chi connectivity index (χ4n) is 3.78. The molecule has 3 aromatic rings. The largest absolute Gasteiger partial charge is 0.441 e. The first kappa shape index (κ1) is 20.2. The van der Waals surface area contributed by atoms with Crippen LogP contribution in [-0.2, 0) is 16.6 Å². The number of carbonyl (C=O) groups is 1. The molecule has 1 amide bonds. The van der Waals surface area contributed by atoms with Crippen molar-refractivity contribution in [3.05, 3.63) is 75.7 Å². The Morgan fingerprint density at radius 3 is 2.76 bits per heavy atom. The Bertz CT molecular complexity index is 1010. The lowest BCUT2D eigenvalue weighted by Gasteiger charge is -2.42. The average Bonchev–Trinajstić information content (AvgIpc) is 3.15. The smallest absolute Gasteiger partial charge is 0.220 e. The van der Waals surface area contributed by atoms with Crippen molar-refractivity contribution < 1.29 is 9.21 Å². The number of oxazole rings is 1. The van der Waals surface area contributed by atoms with Gasteiger partial charge in [-0.15, -0.1) is 0 Å². The van der Waals surface area contributed by atoms with Gasteiger partial charge in [0.1, 0.15) is 0 Å². The molecule has 4 nitrogen and oxygen atoms in total. The fraction of sp³-hybridized carbons (Fsp3) is 0.304. The summed E-state index contributed by atoms with van der Waals surface area (Å²) >= 11 is 9.75. The van der Waals surface area contributed by atoms with Gasteiger partial charge in [0.2, 0.25) is 5.91 Å². The van der Waals surface area contributed by atoms with E-state index in [1.54, 1.807) is 6.20 Å². The zero-order valence-corrected chi connectivity index (χ0v) is 18.3. The highest BCUT2D eigenvalue weighted by Crippen LogP contribution is 2.43. The molecule has 1 aliphatic carbocycles. The van der Waals surface area contributed by atoms with Crippen LogP contribution in [0.3, 0.4) is 0 Å². The molecule has 1 aromatic heterocycles. The van der Waals surface area contributed by atoms with E-state index in [1.165, 1.54) is 12.0 Å². The molecule has 0 radical (unpaired) electrons. The fourth-order valence-corrected chi connectivity index (χ4v) is 4.41. The van der Waals surface area contributed by atoms with E-state index in [0.29, 0.717) is 36.1 Å². The second kappa shape index (κ2) is 8.72. The van der Waals surface area contributed by atoms with Crippen LogP contribution in [0.5, 0.6) is 0 Å². The van der Waals surface area contributed by atoms with Gasteiger partial charge in [-0.25, -0.2) is 4.98 Å². The van der Waals surface area contributed by atoms with Gasteiger partial charge in [-0.05, 0) is 42.7 Å². The minimum absolute atomic E-state index is 0.0174. The van der Waals surface area contributed by atoms with Gasteiger partial charge < -0.3 is 9.73 Å². The van der Waals surface area contributed by atoms with Crippen LogP contribution in [0.2, 0.25) is 5.02 Å². The van der Waals surface area contributed by atoms with Gasteiger partial charge in [-0.2, -0.15) is 0 Å². The second-order valence-corrected chi connectivity index (χ2v) is 8.84. The Labute approximate surface area is 183 Å². The van der Waals surface area contributed by atoms with Crippen LogP contribution in [0, 0.1) is 0 Å². The highest BCUT2D eigenvalue weighted by Gasteiger charge is 2.38. The van der Waals surface area contributed by atoms with Crippen molar-refractivity contribution in [2.45, 2.75) is 37.5 Å². The van der Waals surface area contributed by atoms with E-state index in [-0.39, 0.29) is 11.3 Å². The summed E-state index contributed by atoms with van der Waals surface area (Å²) in [6.07, 6.45) is 5.86. The van der Waals surface area contributed by atoms with Crippen LogP contribution in [0.4, 0.5) is 0 Å². The summed E-state index contributed by atoms with van der Waals surface area (Å²) in [4.78, 5) is 16.7. The standard InChI is InChI=1S/C23H22BrClN2O2/c24-17-6-3-5-16(13-17)23(11-4-12-23)15-27-21(28)9-10-22-26-14-20(29-22)18-7-1-2-8-19(18)25/h1-3,5-8,13-14H,4,9-12,15H2,(H,27,28). The van der Waals surface area contributed by atoms with Crippen LogP contribution < -0.4 is 5.32 Å². The van der Waals surface area contributed by atoms with Gasteiger partial charge in [0.15, 0.2) is 11.7 Å². The molecule has 1 heterocycles. The van der Waals surface area contributed by atoms with Gasteiger partial charge in [0, 0.05) is 34.8 Å². The van der Waals surface area contributed by atoms with Crippen molar-refractivity contribution in [1.82, 2.24) is 10.3 Å². The number of hydrogen-bond acceptors (Lipinski definition) is 3. The Hall–Kier alpha value is -2.11. The molecular weight excluding hydrogens is 452 g/mol. The van der Waals surface area contributed by atoms with Crippen LogP contribution in [0.25, 0.3) is 11.3 Å². The third-order valence-electron chi connectivity index (χ3n) is 5.63. The molecule has 0 bridgehead atoms. The Morgan fingerprint density at radius 2 is 2.03 bits per heavy atom. The van der Waals surface area contributed by atoms with E-state index >= 15 is 0 Å². The summed E-state index contributed by atoms with van der Waals surface area (Å²) in [5.74, 6) is 1.18. The zero-order chi connectivity index (χ0) is 20.3. The van der Waals surface area contributed by atoms with Gasteiger partial charge in [-0.1, -0.05) is 58.2 Å². The summed E-state index contributed by atoms with van der Waals surface area (Å²) in [7, 11) is 0. The minimum Gasteiger partial charge on any atom is -0.441 e. The Kier molecular flexibility index (Phi) is 6.07. The number of rotatable bonds is 7. The highest BCUT2D eigenvalue weighted by atomic mass is 79.9. The molecule has 1 N–H and O–H groups in total. The maximum Gasteiger partial charge on any atom is 0.220 e. The van der Waals surface area contributed by atoms with E-state index < -0.39 is 0 Å². The molecular formula is C23H22BrClN2O2. The number of nitrogens with zero attached hydrogens (tertiary/aromatic N) is 1. The van der Waals surface area contributed by atoms with Gasteiger partial charge in [0.05, 0.1) is 11.2 Å². The highest BCUT2D eigenvalue weighted by molar-refractivity contribution is 9.10. The predicted octanol–water partition coefficient (Wildman–Crippen LogP) is 5.93. The molecule has 2 aromatic carbocycles. The molecule has 0 saturated heterocycles. The topological polar surface area (TPSA) is 55.1 Å². The SMILES string of the molecule is O=C(CCc1ncc(-c2ccccc2Cl)o1)NCC1(c2cccc(Br)c2)CCC1. The lowest BCUT2D eigenvalue weighted by Crippen LogP contribution is -2.45. The van der Waals surface area contributed by atoms with E-state index in [0.717, 1.165) is 22.9 Å². The second-order valence-electron chi connectivity index (χ2n) is 7.52. The molecule has 29 heavy (non-hydrogen) atoms. The molecule has 150 valence electrons. The van der Waals surface area contributed by atoms with E-state index in [9.17, 15) is 4.79 Å². The zero-order valence-electron chi connectivity index (χ0n) is 16.0. The lowest BCUT2D eigenvalue weighted by molar-refractivity contribution is -0.121. The first-order valence-corrected chi connectivity index (χ1v) is 11.0. The van der Waals surface area contributed by atoms with Gasteiger partial charge in [-0.3, -0.25) is 4.79 Å². The van der Waals surface area contributed by atoms with E-state index in [2.05, 4.69) is 44.4 Å². The van der Waals surface area contributed by atoms with Crippen LogP contribution in [0.1, 0.15) is 37.1 Å². The summed E-state index contributed by atoms with van der Waals surface area (Å²) in [6, 6.07) is 15.9. The van der Waals surface area contributed by atoms with Crippen molar-refractivity contribution >= 4 is 33.4 Å². The maximum absolute atomic E-state index is 12.4. The Balaban J connectivity index is 1.32. The number of nitrogens with one attached hydrogen (secondary N) is 1. The monoisotopic (exact) mass is 472 g/mol. The van der Waals surface area contributed by atoms with Crippen LogP contribution in [-0.4, -0.2) is 17.4 Å². The van der Waals surface area contributed by atoms with Crippen molar-refractivity contribution in [2.24, 2.45) is 0 Å². The predicted molar refractivity (Wildman–Crippen MR) is 118 cm³/mol. The number of amides is 1. The van der Waals surface area contributed by atoms with Crippen molar-refractivity contribution in [2.75, 3.05) is 6.54 Å². The number of aryl methyl sites for hydroxylation is 1. The molecule has 0 aliphatic heterocycles. The number of halogens is 2. The molecule has 6 heteroatoms. The van der Waals surface area contributed by atoms with Gasteiger partial charge in [0.25, 0.3) is 0 Å². The van der Waals surface area contributed by atoms with Crippen LogP contribution in [0.15, 0.2) is 63.6 Å². The normalized spacial score (nSPS) is 15.0. The quantitative estimate of drug-likeness (QED) is 0.463. The number of benzene rings is 2. The van der Waals surface area contributed by atoms with Gasteiger partial charge >= 0.3 is 0 Å². The van der Waals surface area contributed by atoms with Crippen molar-refractivity contribution in [1.29, 1.82) is 0 Å².